The summed E-state index contributed by atoms with van der Waals surface area (Å²) < 4.78 is 1.77. The molecule has 1 aromatic heterocycles. The Balaban J connectivity index is 1.58. The molecule has 4 rings (SSSR count). The van der Waals surface area contributed by atoms with Gasteiger partial charge < -0.3 is 5.32 Å². The fourth-order valence-electron chi connectivity index (χ4n) is 2.79. The van der Waals surface area contributed by atoms with Gasteiger partial charge in [-0.25, -0.2) is 4.98 Å². The van der Waals surface area contributed by atoms with E-state index >= 15 is 0 Å². The molecule has 0 aliphatic heterocycles. The summed E-state index contributed by atoms with van der Waals surface area (Å²) >= 11 is 29.0. The number of nitrogens with one attached hydrogen (secondary N) is 2. The molecule has 10 heteroatoms. The van der Waals surface area contributed by atoms with Crippen molar-refractivity contribution in [1.82, 2.24) is 10.3 Å². The van der Waals surface area contributed by atoms with Crippen molar-refractivity contribution in [3.63, 3.8) is 0 Å². The molecular weight excluding hydrogens is 561 g/mol. The molecule has 2 N–H and O–H groups in total. The first-order valence-corrected chi connectivity index (χ1v) is 11.9. The van der Waals surface area contributed by atoms with Crippen LogP contribution in [0.5, 0.6) is 0 Å². The SMILES string of the molecule is O=C(NC(=S)Nc1cc(-c2nc3ccccc3s2)c(Cl)cc1Cl)c1cc(Br)ccc1Cl. The van der Waals surface area contributed by atoms with Gasteiger partial charge in [0.25, 0.3) is 5.91 Å². The molecule has 1 heterocycles. The predicted molar refractivity (Wildman–Crippen MR) is 138 cm³/mol. The van der Waals surface area contributed by atoms with E-state index in [-0.39, 0.29) is 10.7 Å². The topological polar surface area (TPSA) is 54.0 Å². The van der Waals surface area contributed by atoms with Crippen molar-refractivity contribution in [2.45, 2.75) is 0 Å². The number of carbonyl (C=O) groups is 1. The first kappa shape index (κ1) is 22.5. The van der Waals surface area contributed by atoms with Gasteiger partial charge in [-0.15, -0.1) is 11.3 Å². The number of thiocarbonyl (C=S) groups is 1. The smallest absolute Gasteiger partial charge is 0.258 e. The third kappa shape index (κ3) is 5.03. The van der Waals surface area contributed by atoms with Crippen LogP contribution in [0.25, 0.3) is 20.8 Å². The third-order valence-corrected chi connectivity index (χ3v) is 6.95. The number of nitrogens with zero attached hydrogens (tertiary/aromatic N) is 1. The number of rotatable bonds is 3. The fourth-order valence-corrected chi connectivity index (χ4v) is 5.13. The number of carbonyl (C=O) groups excluding carboxylic acids is 1. The number of amides is 1. The maximum Gasteiger partial charge on any atom is 0.258 e. The Morgan fingerprint density at radius 1 is 1.00 bits per heavy atom. The van der Waals surface area contributed by atoms with E-state index in [0.29, 0.717) is 26.3 Å². The zero-order valence-corrected chi connectivity index (χ0v) is 20.9. The molecule has 31 heavy (non-hydrogen) atoms. The van der Waals surface area contributed by atoms with Gasteiger partial charge in [-0.05, 0) is 54.7 Å². The lowest BCUT2D eigenvalue weighted by atomic mass is 10.2. The van der Waals surface area contributed by atoms with Crippen LogP contribution in [0.3, 0.4) is 0 Å². The molecule has 0 fully saturated rings. The Labute approximate surface area is 210 Å². The van der Waals surface area contributed by atoms with Crippen LogP contribution in [0, 0.1) is 0 Å². The van der Waals surface area contributed by atoms with Crippen LogP contribution in [-0.4, -0.2) is 16.0 Å². The molecule has 4 nitrogen and oxygen atoms in total. The van der Waals surface area contributed by atoms with E-state index in [4.69, 9.17) is 47.0 Å². The minimum absolute atomic E-state index is 0.0699. The lowest BCUT2D eigenvalue weighted by Gasteiger charge is -2.13. The Bertz CT molecular complexity index is 1310. The van der Waals surface area contributed by atoms with Gasteiger partial charge in [0.15, 0.2) is 5.11 Å². The third-order valence-electron chi connectivity index (χ3n) is 4.23. The van der Waals surface area contributed by atoms with Crippen molar-refractivity contribution in [1.29, 1.82) is 0 Å². The van der Waals surface area contributed by atoms with Crippen LogP contribution in [0.1, 0.15) is 10.4 Å². The zero-order valence-electron chi connectivity index (χ0n) is 15.4. The summed E-state index contributed by atoms with van der Waals surface area (Å²) in [5.74, 6) is -0.444. The second-order valence-corrected chi connectivity index (χ2v) is 9.91. The van der Waals surface area contributed by atoms with Crippen LogP contribution in [0.4, 0.5) is 5.69 Å². The van der Waals surface area contributed by atoms with Gasteiger partial charge in [0.1, 0.15) is 5.01 Å². The quantitative estimate of drug-likeness (QED) is 0.246. The monoisotopic (exact) mass is 569 g/mol. The minimum Gasteiger partial charge on any atom is -0.331 e. The van der Waals surface area contributed by atoms with Gasteiger partial charge >= 0.3 is 0 Å². The summed E-state index contributed by atoms with van der Waals surface area (Å²) in [6, 6.07) is 16.2. The first-order chi connectivity index (χ1) is 14.8. The molecule has 4 aromatic rings. The van der Waals surface area contributed by atoms with E-state index in [0.717, 1.165) is 19.7 Å². The molecule has 3 aromatic carbocycles. The van der Waals surface area contributed by atoms with E-state index in [2.05, 4.69) is 31.5 Å². The Kier molecular flexibility index (Phi) is 6.81. The van der Waals surface area contributed by atoms with Gasteiger partial charge in [-0.1, -0.05) is 62.9 Å². The van der Waals surface area contributed by atoms with Crippen molar-refractivity contribution in [2.75, 3.05) is 5.32 Å². The number of halogens is 4. The molecule has 0 radical (unpaired) electrons. The van der Waals surface area contributed by atoms with Gasteiger partial charge in [-0.2, -0.15) is 0 Å². The fraction of sp³-hybridized carbons (Fsp3) is 0. The van der Waals surface area contributed by atoms with Gasteiger partial charge in [0.05, 0.1) is 36.5 Å². The predicted octanol–water partition coefficient (Wildman–Crippen LogP) is 7.81. The van der Waals surface area contributed by atoms with E-state index in [1.165, 1.54) is 11.3 Å². The van der Waals surface area contributed by atoms with E-state index in [1.54, 1.807) is 30.3 Å². The normalized spacial score (nSPS) is 10.8. The maximum atomic E-state index is 12.5. The first-order valence-electron chi connectivity index (χ1n) is 8.74. The highest BCUT2D eigenvalue weighted by molar-refractivity contribution is 9.10. The molecular formula is C21H11BrCl3N3OS2. The van der Waals surface area contributed by atoms with Crippen molar-refractivity contribution < 1.29 is 4.79 Å². The van der Waals surface area contributed by atoms with Crippen molar-refractivity contribution in [3.8, 4) is 10.6 Å². The van der Waals surface area contributed by atoms with Gasteiger partial charge in [0, 0.05) is 10.0 Å². The number of aromatic nitrogens is 1. The highest BCUT2D eigenvalue weighted by Crippen LogP contribution is 2.38. The summed E-state index contributed by atoms with van der Waals surface area (Å²) in [5, 5.41) is 7.50. The summed E-state index contributed by atoms with van der Waals surface area (Å²) in [6.07, 6.45) is 0. The zero-order chi connectivity index (χ0) is 22.1. The van der Waals surface area contributed by atoms with Crippen LogP contribution >= 0.6 is 74.3 Å². The van der Waals surface area contributed by atoms with Crippen LogP contribution in [-0.2, 0) is 0 Å². The molecule has 0 saturated heterocycles. The van der Waals surface area contributed by atoms with E-state index < -0.39 is 5.91 Å². The second-order valence-electron chi connectivity index (χ2n) is 6.33. The van der Waals surface area contributed by atoms with Crippen LogP contribution < -0.4 is 10.6 Å². The number of anilines is 1. The average Bonchev–Trinajstić information content (AvgIpc) is 3.15. The Hall–Kier alpha value is -1.74. The summed E-state index contributed by atoms with van der Waals surface area (Å²) in [6.45, 7) is 0. The van der Waals surface area contributed by atoms with Crippen LogP contribution in [0.15, 0.2) is 59.1 Å². The lowest BCUT2D eigenvalue weighted by Crippen LogP contribution is -2.34. The number of hydrogen-bond donors (Lipinski definition) is 2. The highest BCUT2D eigenvalue weighted by Gasteiger charge is 2.16. The standard InChI is InChI=1S/C21H11BrCl3N3OS2/c22-10-5-6-13(23)11(7-10)19(29)28-21(30)27-17-8-12(14(24)9-15(17)25)20-26-16-3-1-2-4-18(16)31-20/h1-9H,(H2,27,28,29,30). The molecule has 0 bridgehead atoms. The number of fused-ring (bicyclic) bond motifs is 1. The Morgan fingerprint density at radius 2 is 1.77 bits per heavy atom. The number of benzene rings is 3. The Morgan fingerprint density at radius 3 is 2.55 bits per heavy atom. The van der Waals surface area contributed by atoms with E-state index in [9.17, 15) is 4.79 Å². The molecule has 156 valence electrons. The van der Waals surface area contributed by atoms with Crippen molar-refractivity contribution in [3.05, 3.63) is 79.7 Å². The number of hydrogen-bond acceptors (Lipinski definition) is 4. The summed E-state index contributed by atoms with van der Waals surface area (Å²) in [4.78, 5) is 17.2. The molecule has 0 spiro atoms. The van der Waals surface area contributed by atoms with Crippen LogP contribution in [0.2, 0.25) is 15.1 Å². The molecule has 0 aliphatic carbocycles. The average molecular weight is 572 g/mol. The largest absolute Gasteiger partial charge is 0.331 e. The van der Waals surface area contributed by atoms with Gasteiger partial charge in [0.2, 0.25) is 0 Å². The maximum absolute atomic E-state index is 12.5. The molecule has 0 atom stereocenters. The highest BCUT2D eigenvalue weighted by atomic mass is 79.9. The van der Waals surface area contributed by atoms with Crippen molar-refractivity contribution in [2.24, 2.45) is 0 Å². The van der Waals surface area contributed by atoms with Crippen molar-refractivity contribution >= 4 is 101 Å². The van der Waals surface area contributed by atoms with Gasteiger partial charge in [-0.3, -0.25) is 10.1 Å². The summed E-state index contributed by atoms with van der Waals surface area (Å²) in [5.41, 5.74) is 2.37. The lowest BCUT2D eigenvalue weighted by molar-refractivity contribution is 0.0978. The number of thiazole rings is 1. The molecule has 0 saturated carbocycles. The van der Waals surface area contributed by atoms with E-state index in [1.807, 2.05) is 24.3 Å². The molecule has 0 aliphatic rings. The molecule has 1 amide bonds. The number of para-hydroxylation sites is 1. The minimum atomic E-state index is -0.444. The molecule has 0 unspecified atom stereocenters. The second kappa shape index (κ2) is 9.40. The summed E-state index contributed by atoms with van der Waals surface area (Å²) in [7, 11) is 0.